The van der Waals surface area contributed by atoms with Crippen LogP contribution in [-0.2, 0) is 4.74 Å². The second-order valence-electron chi connectivity index (χ2n) is 2.69. The molecule has 0 rings (SSSR count). The summed E-state index contributed by atoms with van der Waals surface area (Å²) in [4.78, 5) is 0. The average molecular weight is 132 g/mol. The molecule has 0 aliphatic rings. The van der Waals surface area contributed by atoms with Crippen LogP contribution in [-0.4, -0.2) is 23.9 Å². The molecule has 2 nitrogen and oxygen atoms in total. The van der Waals surface area contributed by atoms with E-state index in [9.17, 15) is 0 Å². The van der Waals surface area contributed by atoms with Crippen molar-refractivity contribution >= 4 is 0 Å². The molecule has 56 valence electrons. The molecular weight excluding hydrogens is 116 g/mol. The Morgan fingerprint density at radius 2 is 2.00 bits per heavy atom. The van der Waals surface area contributed by atoms with Crippen molar-refractivity contribution in [3.8, 4) is 0 Å². The van der Waals surface area contributed by atoms with E-state index in [-0.39, 0.29) is 12.2 Å². The smallest absolute Gasteiger partial charge is 0.0704 e. The summed E-state index contributed by atoms with van der Waals surface area (Å²) in [5.74, 6) is 0. The predicted octanol–water partition coefficient (Wildman–Crippen LogP) is 1.18. The molecule has 0 radical (unpaired) electrons. The van der Waals surface area contributed by atoms with Crippen molar-refractivity contribution in [2.45, 2.75) is 32.8 Å². The van der Waals surface area contributed by atoms with Crippen molar-refractivity contribution in [2.24, 2.45) is 0 Å². The Bertz CT molecular complexity index is 69.3. The molecular formula is C7H16O2. The van der Waals surface area contributed by atoms with E-state index in [1.54, 1.807) is 0 Å². The number of aliphatic hydroxyl groups excluding tert-OH is 1. The normalized spacial score (nSPS) is 12.0. The molecule has 0 amide bonds. The van der Waals surface area contributed by atoms with Crippen molar-refractivity contribution in [1.82, 2.24) is 0 Å². The molecule has 0 saturated carbocycles. The van der Waals surface area contributed by atoms with E-state index in [4.69, 9.17) is 9.84 Å². The van der Waals surface area contributed by atoms with Crippen molar-refractivity contribution in [2.75, 3.05) is 13.2 Å². The summed E-state index contributed by atoms with van der Waals surface area (Å²) in [5.41, 5.74) is -0.0667. The highest BCUT2D eigenvalue weighted by molar-refractivity contribution is 4.64. The van der Waals surface area contributed by atoms with Gasteiger partial charge in [-0.25, -0.2) is 0 Å². The molecule has 9 heavy (non-hydrogen) atoms. The van der Waals surface area contributed by atoms with Crippen LogP contribution in [0.5, 0.6) is 0 Å². The zero-order valence-corrected chi connectivity index (χ0v) is 6.48. The van der Waals surface area contributed by atoms with Crippen LogP contribution >= 0.6 is 0 Å². The van der Waals surface area contributed by atoms with Gasteiger partial charge in [0.15, 0.2) is 0 Å². The summed E-state index contributed by atoms with van der Waals surface area (Å²) in [6.07, 6.45) is 0.979. The fourth-order valence-electron chi connectivity index (χ4n) is 0.424. The van der Waals surface area contributed by atoms with Gasteiger partial charge in [-0.15, -0.1) is 0 Å². The van der Waals surface area contributed by atoms with Gasteiger partial charge in [0.05, 0.1) is 18.8 Å². The third-order valence-corrected chi connectivity index (χ3v) is 1.44. The highest BCUT2D eigenvalue weighted by Crippen LogP contribution is 2.12. The van der Waals surface area contributed by atoms with Crippen LogP contribution in [0.4, 0.5) is 0 Å². The Labute approximate surface area is 56.8 Å². The predicted molar refractivity (Wildman–Crippen MR) is 37.4 cm³/mol. The Balaban J connectivity index is 3.33. The number of hydrogen-bond donors (Lipinski definition) is 1. The first-order valence-corrected chi connectivity index (χ1v) is 3.37. The lowest BCUT2D eigenvalue weighted by Gasteiger charge is -2.22. The molecule has 0 aromatic rings. The van der Waals surface area contributed by atoms with E-state index in [0.29, 0.717) is 6.61 Å². The quantitative estimate of drug-likeness (QED) is 0.622. The molecule has 0 bridgehead atoms. The zero-order valence-electron chi connectivity index (χ0n) is 6.48. The van der Waals surface area contributed by atoms with Crippen molar-refractivity contribution in [1.29, 1.82) is 0 Å². The van der Waals surface area contributed by atoms with E-state index >= 15 is 0 Å². The number of hydrogen-bond acceptors (Lipinski definition) is 2. The van der Waals surface area contributed by atoms with Crippen LogP contribution in [0.2, 0.25) is 0 Å². The van der Waals surface area contributed by atoms with Crippen LogP contribution in [0.1, 0.15) is 27.2 Å². The van der Waals surface area contributed by atoms with Gasteiger partial charge in [-0.05, 0) is 20.3 Å². The molecule has 0 atom stereocenters. The topological polar surface area (TPSA) is 29.5 Å². The second kappa shape index (κ2) is 3.85. The molecule has 0 aromatic carbocycles. The van der Waals surface area contributed by atoms with Crippen LogP contribution in [0, 0.1) is 0 Å². The molecule has 0 aliphatic carbocycles. The van der Waals surface area contributed by atoms with E-state index in [2.05, 4.69) is 6.92 Å². The van der Waals surface area contributed by atoms with Crippen LogP contribution in [0.15, 0.2) is 0 Å². The van der Waals surface area contributed by atoms with Gasteiger partial charge in [0.25, 0.3) is 0 Å². The fourth-order valence-corrected chi connectivity index (χ4v) is 0.424. The Kier molecular flexibility index (Phi) is 3.82. The first-order chi connectivity index (χ1) is 4.12. The largest absolute Gasteiger partial charge is 0.394 e. The zero-order chi connectivity index (χ0) is 7.33. The third-order valence-electron chi connectivity index (χ3n) is 1.44. The fraction of sp³-hybridized carbons (Fsp3) is 1.00. The molecule has 0 aliphatic heterocycles. The maximum absolute atomic E-state index is 8.40. The summed E-state index contributed by atoms with van der Waals surface area (Å²) >= 11 is 0. The number of ether oxygens (including phenoxy) is 1. The highest BCUT2D eigenvalue weighted by atomic mass is 16.5. The molecule has 0 aromatic heterocycles. The van der Waals surface area contributed by atoms with E-state index in [0.717, 1.165) is 6.42 Å². The van der Waals surface area contributed by atoms with Gasteiger partial charge in [0.2, 0.25) is 0 Å². The molecule has 0 heterocycles. The Morgan fingerprint density at radius 3 is 2.33 bits per heavy atom. The van der Waals surface area contributed by atoms with Gasteiger partial charge >= 0.3 is 0 Å². The standard InChI is InChI=1S/C7H16O2/c1-4-7(2,3)9-6-5-8/h8H,4-6H2,1-3H3. The highest BCUT2D eigenvalue weighted by Gasteiger charge is 2.13. The van der Waals surface area contributed by atoms with Gasteiger partial charge in [0, 0.05) is 0 Å². The number of rotatable bonds is 4. The molecule has 0 saturated heterocycles. The summed E-state index contributed by atoms with van der Waals surface area (Å²) in [7, 11) is 0. The van der Waals surface area contributed by atoms with Crippen molar-refractivity contribution < 1.29 is 9.84 Å². The van der Waals surface area contributed by atoms with Crippen LogP contribution < -0.4 is 0 Å². The average Bonchev–Trinajstić information content (AvgIpc) is 1.84. The maximum Gasteiger partial charge on any atom is 0.0704 e. The summed E-state index contributed by atoms with van der Waals surface area (Å²) in [5, 5.41) is 8.40. The minimum Gasteiger partial charge on any atom is -0.394 e. The van der Waals surface area contributed by atoms with Crippen LogP contribution in [0.25, 0.3) is 0 Å². The van der Waals surface area contributed by atoms with E-state index < -0.39 is 0 Å². The van der Waals surface area contributed by atoms with Gasteiger partial charge in [0.1, 0.15) is 0 Å². The monoisotopic (exact) mass is 132 g/mol. The van der Waals surface area contributed by atoms with Gasteiger partial charge in [-0.2, -0.15) is 0 Å². The van der Waals surface area contributed by atoms with Gasteiger partial charge in [-0.3, -0.25) is 0 Å². The summed E-state index contributed by atoms with van der Waals surface area (Å²) < 4.78 is 5.28. The van der Waals surface area contributed by atoms with Crippen molar-refractivity contribution in [3.05, 3.63) is 0 Å². The van der Waals surface area contributed by atoms with E-state index in [1.807, 2.05) is 13.8 Å². The molecule has 1 N–H and O–H groups in total. The Morgan fingerprint density at radius 1 is 1.44 bits per heavy atom. The summed E-state index contributed by atoms with van der Waals surface area (Å²) in [6, 6.07) is 0. The van der Waals surface area contributed by atoms with Gasteiger partial charge < -0.3 is 9.84 Å². The van der Waals surface area contributed by atoms with Gasteiger partial charge in [-0.1, -0.05) is 6.92 Å². The minimum atomic E-state index is -0.0667. The lowest BCUT2D eigenvalue weighted by Crippen LogP contribution is -2.24. The first kappa shape index (κ1) is 8.92. The lowest BCUT2D eigenvalue weighted by atomic mass is 10.1. The lowest BCUT2D eigenvalue weighted by molar-refractivity contribution is -0.0349. The molecule has 0 fully saturated rings. The summed E-state index contributed by atoms with van der Waals surface area (Å²) in [6.45, 7) is 6.66. The van der Waals surface area contributed by atoms with E-state index in [1.165, 1.54) is 0 Å². The molecule has 0 spiro atoms. The minimum absolute atomic E-state index is 0.0667. The second-order valence-corrected chi connectivity index (χ2v) is 2.69. The molecule has 0 unspecified atom stereocenters. The van der Waals surface area contributed by atoms with Crippen molar-refractivity contribution in [3.63, 3.8) is 0 Å². The first-order valence-electron chi connectivity index (χ1n) is 3.37. The maximum atomic E-state index is 8.40. The SMILES string of the molecule is CCC(C)(C)OCCO. The van der Waals surface area contributed by atoms with Crippen LogP contribution in [0.3, 0.4) is 0 Å². The third kappa shape index (κ3) is 4.43. The Hall–Kier alpha value is -0.0800. The number of aliphatic hydroxyl groups is 1. The molecule has 2 heteroatoms.